The molecular formula is C12H20N4. The molecule has 0 saturated carbocycles. The van der Waals surface area contributed by atoms with Gasteiger partial charge in [0.1, 0.15) is 5.82 Å². The van der Waals surface area contributed by atoms with Crippen LogP contribution in [0.4, 0.5) is 11.8 Å². The molecule has 0 bridgehead atoms. The molecule has 2 heterocycles. The van der Waals surface area contributed by atoms with Crippen molar-refractivity contribution in [2.45, 2.75) is 27.2 Å². The highest BCUT2D eigenvalue weighted by molar-refractivity contribution is 5.48. The molecule has 1 aromatic rings. The summed E-state index contributed by atoms with van der Waals surface area (Å²) in [4.78, 5) is 10.7. The standard InChI is InChI=1S/C12H20N4/c1-8-4-5-16(7-10(8)3)11-9(2)6-14-12(13)15-11/h6,8,10H,4-5,7H2,1-3H3,(H2,13,14,15). The minimum absolute atomic E-state index is 0.367. The molecule has 2 unspecified atom stereocenters. The monoisotopic (exact) mass is 220 g/mol. The molecule has 2 N–H and O–H groups in total. The Bertz CT molecular complexity index is 377. The Labute approximate surface area is 96.9 Å². The van der Waals surface area contributed by atoms with Crippen molar-refractivity contribution in [2.75, 3.05) is 23.7 Å². The Hall–Kier alpha value is -1.32. The van der Waals surface area contributed by atoms with Crippen LogP contribution in [-0.4, -0.2) is 23.1 Å². The van der Waals surface area contributed by atoms with E-state index in [2.05, 4.69) is 28.7 Å². The summed E-state index contributed by atoms with van der Waals surface area (Å²) in [6.07, 6.45) is 3.03. The summed E-state index contributed by atoms with van der Waals surface area (Å²) < 4.78 is 0. The van der Waals surface area contributed by atoms with Crippen LogP contribution in [0.25, 0.3) is 0 Å². The lowest BCUT2D eigenvalue weighted by Gasteiger charge is -2.36. The second kappa shape index (κ2) is 4.28. The van der Waals surface area contributed by atoms with E-state index in [1.165, 1.54) is 6.42 Å². The van der Waals surface area contributed by atoms with Gasteiger partial charge in [-0.25, -0.2) is 4.98 Å². The number of rotatable bonds is 1. The third kappa shape index (κ3) is 2.10. The van der Waals surface area contributed by atoms with Crippen molar-refractivity contribution in [3.63, 3.8) is 0 Å². The Morgan fingerprint density at radius 1 is 1.38 bits per heavy atom. The fourth-order valence-electron chi connectivity index (χ4n) is 2.22. The summed E-state index contributed by atoms with van der Waals surface area (Å²) in [7, 11) is 0. The SMILES string of the molecule is Cc1cnc(N)nc1N1CCC(C)C(C)C1. The van der Waals surface area contributed by atoms with Crippen LogP contribution in [0.15, 0.2) is 6.20 Å². The third-order valence-electron chi connectivity index (χ3n) is 3.60. The van der Waals surface area contributed by atoms with E-state index in [0.29, 0.717) is 11.9 Å². The maximum Gasteiger partial charge on any atom is 0.221 e. The molecule has 1 aliphatic rings. The molecule has 4 heteroatoms. The normalized spacial score (nSPS) is 25.8. The second-order valence-electron chi connectivity index (χ2n) is 4.92. The van der Waals surface area contributed by atoms with E-state index < -0.39 is 0 Å². The summed E-state index contributed by atoms with van der Waals surface area (Å²) in [5.74, 6) is 2.89. The van der Waals surface area contributed by atoms with E-state index in [4.69, 9.17) is 5.73 Å². The Morgan fingerprint density at radius 3 is 2.81 bits per heavy atom. The molecule has 4 nitrogen and oxygen atoms in total. The van der Waals surface area contributed by atoms with Crippen LogP contribution < -0.4 is 10.6 Å². The van der Waals surface area contributed by atoms with Gasteiger partial charge >= 0.3 is 0 Å². The number of hydrogen-bond donors (Lipinski definition) is 1. The van der Waals surface area contributed by atoms with E-state index in [1.54, 1.807) is 6.20 Å². The van der Waals surface area contributed by atoms with Gasteiger partial charge in [0.15, 0.2) is 0 Å². The van der Waals surface area contributed by atoms with E-state index >= 15 is 0 Å². The van der Waals surface area contributed by atoms with Crippen molar-refractivity contribution >= 4 is 11.8 Å². The lowest BCUT2D eigenvalue weighted by atomic mass is 9.88. The van der Waals surface area contributed by atoms with Crippen molar-refractivity contribution in [3.05, 3.63) is 11.8 Å². The molecule has 1 fully saturated rings. The van der Waals surface area contributed by atoms with Gasteiger partial charge < -0.3 is 10.6 Å². The average molecular weight is 220 g/mol. The Kier molecular flexibility index (Phi) is 2.99. The molecule has 0 aromatic carbocycles. The van der Waals surface area contributed by atoms with Gasteiger partial charge in [0, 0.05) is 24.8 Å². The minimum Gasteiger partial charge on any atom is -0.368 e. The van der Waals surface area contributed by atoms with Crippen LogP contribution >= 0.6 is 0 Å². The molecule has 16 heavy (non-hydrogen) atoms. The number of anilines is 2. The van der Waals surface area contributed by atoms with Gasteiger partial charge in [-0.3, -0.25) is 0 Å². The molecule has 1 aromatic heterocycles. The molecule has 2 atom stereocenters. The summed E-state index contributed by atoms with van der Waals surface area (Å²) in [5.41, 5.74) is 6.75. The van der Waals surface area contributed by atoms with Crippen molar-refractivity contribution in [1.82, 2.24) is 9.97 Å². The number of nitrogens with zero attached hydrogens (tertiary/aromatic N) is 3. The maximum absolute atomic E-state index is 5.65. The van der Waals surface area contributed by atoms with Crippen LogP contribution in [0.1, 0.15) is 25.8 Å². The summed E-state index contributed by atoms with van der Waals surface area (Å²) in [6.45, 7) is 8.80. The van der Waals surface area contributed by atoms with E-state index in [0.717, 1.165) is 30.4 Å². The van der Waals surface area contributed by atoms with Crippen molar-refractivity contribution < 1.29 is 0 Å². The first-order valence-electron chi connectivity index (χ1n) is 5.92. The minimum atomic E-state index is 0.367. The second-order valence-corrected chi connectivity index (χ2v) is 4.92. The summed E-state index contributed by atoms with van der Waals surface area (Å²) in [5, 5.41) is 0. The third-order valence-corrected chi connectivity index (χ3v) is 3.60. The highest BCUT2D eigenvalue weighted by Gasteiger charge is 2.24. The zero-order valence-corrected chi connectivity index (χ0v) is 10.3. The number of aryl methyl sites for hydroxylation is 1. The lowest BCUT2D eigenvalue weighted by molar-refractivity contribution is 0.322. The number of piperidine rings is 1. The van der Waals surface area contributed by atoms with Crippen LogP contribution in [-0.2, 0) is 0 Å². The summed E-state index contributed by atoms with van der Waals surface area (Å²) in [6, 6.07) is 0. The van der Waals surface area contributed by atoms with Crippen molar-refractivity contribution in [1.29, 1.82) is 0 Å². The summed E-state index contributed by atoms with van der Waals surface area (Å²) >= 11 is 0. The molecule has 1 saturated heterocycles. The van der Waals surface area contributed by atoms with Gasteiger partial charge in [0.2, 0.25) is 5.95 Å². The van der Waals surface area contributed by atoms with Crippen LogP contribution in [0.5, 0.6) is 0 Å². The average Bonchev–Trinajstić information content (AvgIpc) is 2.26. The van der Waals surface area contributed by atoms with Gasteiger partial charge in [-0.2, -0.15) is 4.98 Å². The zero-order chi connectivity index (χ0) is 11.7. The number of nitrogen functional groups attached to an aromatic ring is 1. The Morgan fingerprint density at radius 2 is 2.12 bits per heavy atom. The number of nitrogens with two attached hydrogens (primary N) is 1. The Balaban J connectivity index is 2.21. The first-order valence-corrected chi connectivity index (χ1v) is 5.92. The predicted octanol–water partition coefficient (Wildman–Crippen LogP) is 1.85. The topological polar surface area (TPSA) is 55.0 Å². The largest absolute Gasteiger partial charge is 0.368 e. The molecule has 2 rings (SSSR count). The van der Waals surface area contributed by atoms with Crippen LogP contribution in [0.3, 0.4) is 0 Å². The van der Waals surface area contributed by atoms with Gasteiger partial charge in [-0.1, -0.05) is 13.8 Å². The fourth-order valence-corrected chi connectivity index (χ4v) is 2.22. The molecular weight excluding hydrogens is 200 g/mol. The highest BCUT2D eigenvalue weighted by Crippen LogP contribution is 2.27. The molecule has 0 spiro atoms. The van der Waals surface area contributed by atoms with Crippen molar-refractivity contribution in [3.8, 4) is 0 Å². The number of hydrogen-bond acceptors (Lipinski definition) is 4. The molecule has 0 radical (unpaired) electrons. The van der Waals surface area contributed by atoms with Crippen molar-refractivity contribution in [2.24, 2.45) is 11.8 Å². The van der Waals surface area contributed by atoms with E-state index in [-0.39, 0.29) is 0 Å². The van der Waals surface area contributed by atoms with Gasteiger partial charge in [-0.15, -0.1) is 0 Å². The molecule has 0 aliphatic carbocycles. The first-order chi connectivity index (χ1) is 7.58. The fraction of sp³-hybridized carbons (Fsp3) is 0.667. The molecule has 1 aliphatic heterocycles. The molecule has 88 valence electrons. The lowest BCUT2D eigenvalue weighted by Crippen LogP contribution is -2.39. The number of aromatic nitrogens is 2. The highest BCUT2D eigenvalue weighted by atomic mass is 15.2. The van der Waals surface area contributed by atoms with Gasteiger partial charge in [0.25, 0.3) is 0 Å². The van der Waals surface area contributed by atoms with E-state index in [1.807, 2.05) is 6.92 Å². The van der Waals surface area contributed by atoms with Crippen LogP contribution in [0.2, 0.25) is 0 Å². The quantitative estimate of drug-likeness (QED) is 0.784. The zero-order valence-electron chi connectivity index (χ0n) is 10.3. The molecule has 0 amide bonds. The maximum atomic E-state index is 5.65. The van der Waals surface area contributed by atoms with E-state index in [9.17, 15) is 0 Å². The smallest absolute Gasteiger partial charge is 0.221 e. The first kappa shape index (κ1) is 11.2. The van der Waals surface area contributed by atoms with Crippen LogP contribution in [0, 0.1) is 18.8 Å². The van der Waals surface area contributed by atoms with Gasteiger partial charge in [-0.05, 0) is 25.2 Å². The predicted molar refractivity (Wildman–Crippen MR) is 66.3 cm³/mol. The van der Waals surface area contributed by atoms with Gasteiger partial charge in [0.05, 0.1) is 0 Å².